The highest BCUT2D eigenvalue weighted by atomic mass is 32.1. The largest absolute Gasteiger partial charge is 0.388 e. The number of likely N-dealkylation sites (tertiary alicyclic amines) is 2. The van der Waals surface area contributed by atoms with Gasteiger partial charge in [0.25, 0.3) is 11.5 Å². The van der Waals surface area contributed by atoms with Crippen molar-refractivity contribution in [2.75, 3.05) is 26.2 Å². The van der Waals surface area contributed by atoms with Crippen molar-refractivity contribution in [3.8, 4) is 10.4 Å². The van der Waals surface area contributed by atoms with E-state index in [-0.39, 0.29) is 47.2 Å². The summed E-state index contributed by atoms with van der Waals surface area (Å²) in [7, 11) is 0. The van der Waals surface area contributed by atoms with Gasteiger partial charge in [-0.1, -0.05) is 30.3 Å². The smallest absolute Gasteiger partial charge is 0.266 e. The van der Waals surface area contributed by atoms with E-state index in [4.69, 9.17) is 0 Å². The number of rotatable bonds is 7. The van der Waals surface area contributed by atoms with Crippen LogP contribution < -0.4 is 5.56 Å². The van der Waals surface area contributed by atoms with Gasteiger partial charge in [-0.15, -0.1) is 11.3 Å². The molecule has 5 aromatic rings. The Bertz CT molecular complexity index is 2000. The molecule has 48 heavy (non-hydrogen) atoms. The summed E-state index contributed by atoms with van der Waals surface area (Å²) < 4.78 is 18.5. The maximum absolute atomic E-state index is 15.1. The van der Waals surface area contributed by atoms with Crippen molar-refractivity contribution in [2.45, 2.75) is 50.8 Å². The third kappa shape index (κ3) is 6.06. The number of pyridine rings is 1. The third-order valence-corrected chi connectivity index (χ3v) is 11.0. The number of thiophene rings is 1. The van der Waals surface area contributed by atoms with E-state index >= 15 is 4.39 Å². The van der Waals surface area contributed by atoms with Gasteiger partial charge in [0.2, 0.25) is 5.91 Å². The first-order chi connectivity index (χ1) is 23.2. The van der Waals surface area contributed by atoms with E-state index in [1.54, 1.807) is 40.4 Å². The molecular formula is C36H37FN6O4S. The van der Waals surface area contributed by atoms with Gasteiger partial charge in [-0.2, -0.15) is 0 Å². The van der Waals surface area contributed by atoms with Crippen LogP contribution in [0.1, 0.15) is 47.3 Å². The van der Waals surface area contributed by atoms with Gasteiger partial charge in [-0.05, 0) is 61.6 Å². The van der Waals surface area contributed by atoms with Crippen molar-refractivity contribution in [3.05, 3.63) is 106 Å². The minimum Gasteiger partial charge on any atom is -0.388 e. The second-order valence-electron chi connectivity index (χ2n) is 12.8. The minimum atomic E-state index is -1.15. The van der Waals surface area contributed by atoms with Crippen LogP contribution in [-0.2, 0) is 17.9 Å². The van der Waals surface area contributed by atoms with Crippen LogP contribution in [0.5, 0.6) is 0 Å². The molecule has 0 bridgehead atoms. The predicted octanol–water partition coefficient (Wildman–Crippen LogP) is 4.78. The first-order valence-electron chi connectivity index (χ1n) is 16.3. The summed E-state index contributed by atoms with van der Waals surface area (Å²) in [5.41, 5.74) is 1.02. The van der Waals surface area contributed by atoms with E-state index in [0.717, 1.165) is 22.5 Å². The van der Waals surface area contributed by atoms with Gasteiger partial charge in [0, 0.05) is 68.0 Å². The van der Waals surface area contributed by atoms with E-state index in [0.29, 0.717) is 61.4 Å². The average molecular weight is 669 g/mol. The van der Waals surface area contributed by atoms with Crippen molar-refractivity contribution >= 4 is 34.2 Å². The molecule has 1 aromatic carbocycles. The second-order valence-corrected chi connectivity index (χ2v) is 13.8. The summed E-state index contributed by atoms with van der Waals surface area (Å²) in [5.74, 6) is -1.58. The Labute approximate surface area is 281 Å². The standard InChI is InChI=1S/C36H37FN6O4S/c1-2-40-16-11-27-32(40)39-23-43(34(27)45)22-36(47)12-18-41(19-13-36)33(44)26-10-17-42(21-28(26)24-6-4-3-5-7-24)35(46)31-29(37)20-30(48-31)25-8-14-38-15-9-25/h3-9,11,14-16,20,23,26,28,47H,2,10,12-13,17-19,21-22H2,1H3/t26-,28+/m1/s1. The zero-order chi connectivity index (χ0) is 33.4. The van der Waals surface area contributed by atoms with Gasteiger partial charge in [0.1, 0.15) is 22.7 Å². The normalized spacial score (nSPS) is 19.5. The number of carbonyl (C=O) groups excluding carboxylic acids is 2. The summed E-state index contributed by atoms with van der Waals surface area (Å²) in [6.07, 6.45) is 7.68. The highest BCUT2D eigenvalue weighted by Crippen LogP contribution is 2.38. The SMILES string of the molecule is CCn1ccc2c(=O)n(CC3(O)CCN(C(=O)[C@@H]4CCN(C(=O)c5sc(-c6ccncc6)cc5F)C[C@H]4c4ccccc4)CC3)cnc21. The lowest BCUT2D eigenvalue weighted by molar-refractivity contribution is -0.142. The molecule has 2 saturated heterocycles. The van der Waals surface area contributed by atoms with Crippen LogP contribution in [0.15, 0.2) is 84.3 Å². The Morgan fingerprint density at radius 2 is 1.77 bits per heavy atom. The monoisotopic (exact) mass is 668 g/mol. The van der Waals surface area contributed by atoms with E-state index in [9.17, 15) is 19.5 Å². The van der Waals surface area contributed by atoms with Crippen molar-refractivity contribution in [1.82, 2.24) is 28.9 Å². The second kappa shape index (κ2) is 13.1. The fraction of sp³-hybridized carbons (Fsp3) is 0.361. The minimum absolute atomic E-state index is 0.0126. The van der Waals surface area contributed by atoms with Crippen LogP contribution in [0.25, 0.3) is 21.5 Å². The fourth-order valence-electron chi connectivity index (χ4n) is 7.11. The lowest BCUT2D eigenvalue weighted by Crippen LogP contribution is -2.53. The molecular weight excluding hydrogens is 631 g/mol. The molecule has 2 aliphatic rings. The van der Waals surface area contributed by atoms with Crippen LogP contribution in [0.3, 0.4) is 0 Å². The summed E-state index contributed by atoms with van der Waals surface area (Å²) in [6.45, 7) is 4.11. The molecule has 0 unspecified atom stereocenters. The molecule has 1 N–H and O–H groups in total. The number of piperidine rings is 2. The number of halogens is 1. The number of carbonyl (C=O) groups is 2. The third-order valence-electron chi connectivity index (χ3n) is 9.85. The van der Waals surface area contributed by atoms with Gasteiger partial charge in [-0.3, -0.25) is 23.9 Å². The molecule has 10 nitrogen and oxygen atoms in total. The number of hydrogen-bond donors (Lipinski definition) is 1. The zero-order valence-corrected chi connectivity index (χ0v) is 27.5. The Kier molecular flexibility index (Phi) is 8.69. The van der Waals surface area contributed by atoms with Gasteiger partial charge < -0.3 is 19.5 Å². The fourth-order valence-corrected chi connectivity index (χ4v) is 8.12. The maximum atomic E-state index is 15.1. The molecule has 2 aliphatic heterocycles. The number of hydrogen-bond acceptors (Lipinski definition) is 7. The number of benzene rings is 1. The van der Waals surface area contributed by atoms with E-state index < -0.39 is 11.4 Å². The Morgan fingerprint density at radius 1 is 1.02 bits per heavy atom. The molecule has 0 radical (unpaired) electrons. The molecule has 2 amide bonds. The van der Waals surface area contributed by atoms with Crippen molar-refractivity contribution in [2.24, 2.45) is 5.92 Å². The Morgan fingerprint density at radius 3 is 2.50 bits per heavy atom. The molecule has 0 aliphatic carbocycles. The van der Waals surface area contributed by atoms with E-state index in [2.05, 4.69) is 9.97 Å². The number of fused-ring (bicyclic) bond motifs is 1. The zero-order valence-electron chi connectivity index (χ0n) is 26.7. The molecule has 248 valence electrons. The summed E-state index contributed by atoms with van der Waals surface area (Å²) >= 11 is 1.13. The van der Waals surface area contributed by atoms with Gasteiger partial charge in [0.15, 0.2) is 0 Å². The molecule has 2 fully saturated rings. The first kappa shape index (κ1) is 31.9. The molecule has 0 saturated carbocycles. The van der Waals surface area contributed by atoms with Gasteiger partial charge >= 0.3 is 0 Å². The highest BCUT2D eigenvalue weighted by Gasteiger charge is 2.42. The number of nitrogens with zero attached hydrogens (tertiary/aromatic N) is 6. The van der Waals surface area contributed by atoms with Crippen LogP contribution >= 0.6 is 11.3 Å². The summed E-state index contributed by atoms with van der Waals surface area (Å²) in [4.78, 5) is 53.6. The lowest BCUT2D eigenvalue weighted by Gasteiger charge is -2.43. The molecule has 0 spiro atoms. The molecule has 7 rings (SSSR count). The van der Waals surface area contributed by atoms with E-state index in [1.807, 2.05) is 48.0 Å². The number of aliphatic hydroxyl groups is 1. The Hall–Kier alpha value is -4.68. The topological polar surface area (TPSA) is 114 Å². The Balaban J connectivity index is 1.05. The molecule has 4 aromatic heterocycles. The lowest BCUT2D eigenvalue weighted by atomic mass is 9.79. The quantitative estimate of drug-likeness (QED) is 0.267. The highest BCUT2D eigenvalue weighted by molar-refractivity contribution is 7.17. The van der Waals surface area contributed by atoms with Crippen molar-refractivity contribution < 1.29 is 19.1 Å². The predicted molar refractivity (Wildman–Crippen MR) is 181 cm³/mol. The van der Waals surface area contributed by atoms with Crippen molar-refractivity contribution in [3.63, 3.8) is 0 Å². The maximum Gasteiger partial charge on any atom is 0.266 e. The molecule has 12 heteroatoms. The molecule has 6 heterocycles. The van der Waals surface area contributed by atoms with Gasteiger partial charge in [-0.25, -0.2) is 9.37 Å². The summed E-state index contributed by atoms with van der Waals surface area (Å²) in [5, 5.41) is 12.0. The van der Waals surface area contributed by atoms with Crippen LogP contribution in [-0.4, -0.2) is 77.6 Å². The molecule has 2 atom stereocenters. The summed E-state index contributed by atoms with van der Waals surface area (Å²) in [6, 6.07) is 16.4. The van der Waals surface area contributed by atoms with Crippen LogP contribution in [0.4, 0.5) is 4.39 Å². The van der Waals surface area contributed by atoms with Gasteiger partial charge in [0.05, 0.1) is 17.5 Å². The number of amides is 2. The van der Waals surface area contributed by atoms with Crippen LogP contribution in [0, 0.1) is 11.7 Å². The van der Waals surface area contributed by atoms with E-state index in [1.165, 1.54) is 17.0 Å². The number of aromatic nitrogens is 4. The van der Waals surface area contributed by atoms with Crippen molar-refractivity contribution in [1.29, 1.82) is 0 Å². The first-order valence-corrected chi connectivity index (χ1v) is 17.2. The average Bonchev–Trinajstić information content (AvgIpc) is 3.73. The van der Waals surface area contributed by atoms with Crippen LogP contribution in [0.2, 0.25) is 0 Å². The number of aryl methyl sites for hydroxylation is 1.